The molecule has 0 atom stereocenters. The normalized spacial score (nSPS) is 15.3. The van der Waals surface area contributed by atoms with Crippen LogP contribution < -0.4 is 15.5 Å². The Kier molecular flexibility index (Phi) is 10.0. The average molecular weight is 555 g/mol. The van der Waals surface area contributed by atoms with Crippen LogP contribution in [-0.4, -0.2) is 62.7 Å². The number of carbonyl (C=O) groups is 2. The van der Waals surface area contributed by atoms with Crippen LogP contribution in [0.1, 0.15) is 63.6 Å². The molecular weight excluding hydrogens is 512 g/mol. The van der Waals surface area contributed by atoms with E-state index in [2.05, 4.69) is 51.6 Å². The number of anilines is 2. The molecule has 0 radical (unpaired) electrons. The molecule has 0 unspecified atom stereocenters. The lowest BCUT2D eigenvalue weighted by Gasteiger charge is -2.32. The molecule has 0 aliphatic carbocycles. The second kappa shape index (κ2) is 14.3. The second-order valence-electron chi connectivity index (χ2n) is 11.0. The Labute approximate surface area is 243 Å². The van der Waals surface area contributed by atoms with Crippen LogP contribution in [0.25, 0.3) is 0 Å². The fraction of sp³-hybridized carbons (Fsp3) is 0.412. The van der Waals surface area contributed by atoms with E-state index in [-0.39, 0.29) is 11.8 Å². The van der Waals surface area contributed by atoms with Crippen molar-refractivity contribution in [3.8, 4) is 0 Å². The third-order valence-electron chi connectivity index (χ3n) is 8.05. The highest BCUT2D eigenvalue weighted by Gasteiger charge is 2.22. The number of hydrogen-bond acceptors (Lipinski definition) is 5. The summed E-state index contributed by atoms with van der Waals surface area (Å²) in [7, 11) is 0. The first kappa shape index (κ1) is 28.8. The van der Waals surface area contributed by atoms with Gasteiger partial charge in [-0.2, -0.15) is 0 Å². The summed E-state index contributed by atoms with van der Waals surface area (Å²) >= 11 is 0. The van der Waals surface area contributed by atoms with Crippen LogP contribution in [0.5, 0.6) is 0 Å². The molecule has 2 aliphatic heterocycles. The highest BCUT2D eigenvalue weighted by Crippen LogP contribution is 2.30. The Morgan fingerprint density at radius 1 is 0.878 bits per heavy atom. The number of carbonyl (C=O) groups excluding carboxylic acids is 2. The van der Waals surface area contributed by atoms with Crippen molar-refractivity contribution in [3.05, 3.63) is 94.5 Å². The van der Waals surface area contributed by atoms with E-state index in [0.29, 0.717) is 23.4 Å². The summed E-state index contributed by atoms with van der Waals surface area (Å²) < 4.78 is 5.43. The quantitative estimate of drug-likeness (QED) is 0.315. The Morgan fingerprint density at radius 2 is 1.66 bits per heavy atom. The molecule has 0 bridgehead atoms. The first-order valence-corrected chi connectivity index (χ1v) is 15.0. The summed E-state index contributed by atoms with van der Waals surface area (Å²) in [6.07, 6.45) is 5.11. The van der Waals surface area contributed by atoms with E-state index in [1.54, 1.807) is 0 Å². The zero-order valence-corrected chi connectivity index (χ0v) is 24.2. The van der Waals surface area contributed by atoms with E-state index < -0.39 is 0 Å². The van der Waals surface area contributed by atoms with E-state index in [1.165, 1.54) is 16.7 Å². The molecule has 2 aliphatic rings. The van der Waals surface area contributed by atoms with Gasteiger partial charge in [0.15, 0.2) is 0 Å². The molecule has 0 spiro atoms. The van der Waals surface area contributed by atoms with Gasteiger partial charge >= 0.3 is 0 Å². The van der Waals surface area contributed by atoms with Gasteiger partial charge in [0.1, 0.15) is 0 Å². The zero-order valence-electron chi connectivity index (χ0n) is 24.2. The van der Waals surface area contributed by atoms with Gasteiger partial charge in [-0.25, -0.2) is 0 Å². The number of ether oxygens (including phenoxy) is 1. The Morgan fingerprint density at radius 3 is 2.44 bits per heavy atom. The molecule has 3 aromatic carbocycles. The van der Waals surface area contributed by atoms with E-state index in [1.807, 2.05) is 42.5 Å². The summed E-state index contributed by atoms with van der Waals surface area (Å²) in [6, 6.07) is 22.0. The zero-order chi connectivity index (χ0) is 28.4. The Bertz CT molecular complexity index is 1320. The molecule has 0 aromatic heterocycles. The Hall–Kier alpha value is -3.68. The van der Waals surface area contributed by atoms with Gasteiger partial charge in [-0.3, -0.25) is 14.5 Å². The van der Waals surface area contributed by atoms with Gasteiger partial charge in [-0.15, -0.1) is 0 Å². The lowest BCUT2D eigenvalue weighted by molar-refractivity contribution is 0.0374. The van der Waals surface area contributed by atoms with Crippen molar-refractivity contribution in [3.63, 3.8) is 0 Å². The summed E-state index contributed by atoms with van der Waals surface area (Å²) in [4.78, 5) is 31.3. The molecule has 1 fully saturated rings. The first-order valence-electron chi connectivity index (χ1n) is 15.0. The number of unbranched alkanes of at least 4 members (excludes halogenated alkanes) is 1. The second-order valence-corrected chi connectivity index (χ2v) is 11.0. The van der Waals surface area contributed by atoms with E-state index in [9.17, 15) is 9.59 Å². The van der Waals surface area contributed by atoms with Gasteiger partial charge in [0.25, 0.3) is 11.8 Å². The SMILES string of the molecule is CCCCc1ccc(C(=O)Nc2ccc(N3CCc4ccccc4C3)c(C(=O)NCCCN3CCOCC3)c2)cc1. The van der Waals surface area contributed by atoms with Crippen LogP contribution in [0.3, 0.4) is 0 Å². The van der Waals surface area contributed by atoms with Crippen LogP contribution in [0.15, 0.2) is 66.7 Å². The van der Waals surface area contributed by atoms with Crippen molar-refractivity contribution in [1.82, 2.24) is 10.2 Å². The predicted octanol–water partition coefficient (Wildman–Crippen LogP) is 5.30. The molecule has 3 aromatic rings. The first-order chi connectivity index (χ1) is 20.1. The average Bonchev–Trinajstić information content (AvgIpc) is 3.02. The van der Waals surface area contributed by atoms with Gasteiger partial charge in [0.2, 0.25) is 0 Å². The van der Waals surface area contributed by atoms with Crippen molar-refractivity contribution < 1.29 is 14.3 Å². The molecule has 1 saturated heterocycles. The van der Waals surface area contributed by atoms with E-state index in [4.69, 9.17) is 4.74 Å². The topological polar surface area (TPSA) is 73.9 Å². The fourth-order valence-electron chi connectivity index (χ4n) is 5.60. The number of aryl methyl sites for hydroxylation is 1. The van der Waals surface area contributed by atoms with Crippen molar-refractivity contribution in [1.29, 1.82) is 0 Å². The number of amides is 2. The fourth-order valence-corrected chi connectivity index (χ4v) is 5.60. The van der Waals surface area contributed by atoms with Gasteiger partial charge in [0, 0.05) is 49.7 Å². The molecule has 2 N–H and O–H groups in total. The van der Waals surface area contributed by atoms with Crippen molar-refractivity contribution in [2.45, 2.75) is 45.6 Å². The molecule has 41 heavy (non-hydrogen) atoms. The van der Waals surface area contributed by atoms with Crippen molar-refractivity contribution >= 4 is 23.2 Å². The number of rotatable bonds is 11. The van der Waals surface area contributed by atoms with E-state index in [0.717, 1.165) is 83.7 Å². The van der Waals surface area contributed by atoms with Crippen LogP contribution in [0.2, 0.25) is 0 Å². The number of morpholine rings is 1. The number of hydrogen-bond donors (Lipinski definition) is 2. The predicted molar refractivity (Wildman–Crippen MR) is 165 cm³/mol. The van der Waals surface area contributed by atoms with Crippen LogP contribution in [0.4, 0.5) is 11.4 Å². The number of nitrogens with one attached hydrogen (secondary N) is 2. The molecule has 7 heteroatoms. The monoisotopic (exact) mass is 554 g/mol. The highest BCUT2D eigenvalue weighted by atomic mass is 16.5. The van der Waals surface area contributed by atoms with Crippen LogP contribution in [0, 0.1) is 0 Å². The number of nitrogens with zero attached hydrogens (tertiary/aromatic N) is 2. The molecule has 0 saturated carbocycles. The largest absolute Gasteiger partial charge is 0.379 e. The third kappa shape index (κ3) is 7.75. The summed E-state index contributed by atoms with van der Waals surface area (Å²) in [6.45, 7) is 8.74. The highest BCUT2D eigenvalue weighted by molar-refractivity contribution is 6.06. The minimum atomic E-state index is -0.177. The van der Waals surface area contributed by atoms with Crippen LogP contribution >= 0.6 is 0 Å². The number of benzene rings is 3. The van der Waals surface area contributed by atoms with Gasteiger partial charge in [0.05, 0.1) is 18.8 Å². The maximum absolute atomic E-state index is 13.6. The maximum Gasteiger partial charge on any atom is 0.255 e. The Balaban J connectivity index is 1.29. The maximum atomic E-state index is 13.6. The third-order valence-corrected chi connectivity index (χ3v) is 8.05. The van der Waals surface area contributed by atoms with Crippen LogP contribution in [-0.2, 0) is 24.1 Å². The molecule has 2 heterocycles. The summed E-state index contributed by atoms with van der Waals surface area (Å²) in [5, 5.41) is 6.15. The minimum absolute atomic E-state index is 0.114. The molecule has 7 nitrogen and oxygen atoms in total. The standard InChI is InChI=1S/C34H42N4O3/c1-2-3-7-26-10-12-28(13-11-26)33(39)36-30-14-15-32(38-19-16-27-8-4-5-9-29(27)25-38)31(24-30)34(40)35-17-6-18-37-20-22-41-23-21-37/h4-5,8-15,24H,2-3,6-7,16-23,25H2,1H3,(H,35,40)(H,36,39). The molecular formula is C34H42N4O3. The lowest BCUT2D eigenvalue weighted by atomic mass is 9.98. The van der Waals surface area contributed by atoms with E-state index >= 15 is 0 Å². The summed E-state index contributed by atoms with van der Waals surface area (Å²) in [5.74, 6) is -0.291. The van der Waals surface area contributed by atoms with Gasteiger partial charge in [-0.05, 0) is 79.3 Å². The minimum Gasteiger partial charge on any atom is -0.379 e. The molecule has 2 amide bonds. The number of fused-ring (bicyclic) bond motifs is 1. The smallest absolute Gasteiger partial charge is 0.255 e. The molecule has 216 valence electrons. The molecule has 5 rings (SSSR count). The lowest BCUT2D eigenvalue weighted by Crippen LogP contribution is -2.38. The van der Waals surface area contributed by atoms with Gasteiger partial charge in [-0.1, -0.05) is 49.7 Å². The van der Waals surface area contributed by atoms with Crippen molar-refractivity contribution in [2.75, 3.05) is 56.2 Å². The van der Waals surface area contributed by atoms with Crippen molar-refractivity contribution in [2.24, 2.45) is 0 Å². The summed E-state index contributed by atoms with van der Waals surface area (Å²) in [5.41, 5.74) is 6.59. The van der Waals surface area contributed by atoms with Gasteiger partial charge < -0.3 is 20.3 Å².